The van der Waals surface area contributed by atoms with Gasteiger partial charge in [0, 0.05) is 5.41 Å². The highest BCUT2D eigenvalue weighted by atomic mass is 14.4. The lowest BCUT2D eigenvalue weighted by Crippen LogP contribution is -2.05. The first-order valence-electron chi connectivity index (χ1n) is 5.86. The van der Waals surface area contributed by atoms with Gasteiger partial charge in [0.1, 0.15) is 0 Å². The highest BCUT2D eigenvalue weighted by molar-refractivity contribution is 5.77. The zero-order valence-corrected chi connectivity index (χ0v) is 8.95. The van der Waals surface area contributed by atoms with Crippen molar-refractivity contribution < 1.29 is 0 Å². The van der Waals surface area contributed by atoms with E-state index < -0.39 is 0 Å². The predicted octanol–water partition coefficient (Wildman–Crippen LogP) is 4.20. The summed E-state index contributed by atoms with van der Waals surface area (Å²) in [5.41, 5.74) is 3.19. The Bertz CT molecular complexity index is 403. The average molecular weight is 196 g/mol. The Hall–Kier alpha value is -1.30. The maximum absolute atomic E-state index is 2.48. The fraction of sp³-hybridized carbons (Fsp3) is 0.333. The van der Waals surface area contributed by atoms with Crippen LogP contribution in [0, 0.1) is 5.41 Å². The van der Waals surface area contributed by atoms with Crippen LogP contribution in [-0.4, -0.2) is 0 Å². The van der Waals surface area contributed by atoms with Crippen molar-refractivity contribution in [2.75, 3.05) is 0 Å². The van der Waals surface area contributed by atoms with Crippen molar-refractivity contribution in [3.05, 3.63) is 54.1 Å². The van der Waals surface area contributed by atoms with Crippen LogP contribution in [0.4, 0.5) is 0 Å². The SMILES string of the molecule is C1=CC2(C=C1c1ccccc1)CCCC2. The summed E-state index contributed by atoms with van der Waals surface area (Å²) >= 11 is 0. The Morgan fingerprint density at radius 2 is 1.67 bits per heavy atom. The van der Waals surface area contributed by atoms with Crippen LogP contribution in [0.5, 0.6) is 0 Å². The number of rotatable bonds is 1. The minimum atomic E-state index is 0.422. The minimum absolute atomic E-state index is 0.422. The molecule has 0 heterocycles. The van der Waals surface area contributed by atoms with Gasteiger partial charge in [-0.05, 0) is 24.0 Å². The quantitative estimate of drug-likeness (QED) is 0.631. The van der Waals surface area contributed by atoms with Gasteiger partial charge in [-0.3, -0.25) is 0 Å². The molecule has 76 valence electrons. The Labute approximate surface area is 91.3 Å². The number of benzene rings is 1. The standard InChI is InChI=1S/C15H16/c1-2-6-13(7-3-1)14-8-11-15(12-14)9-4-5-10-15/h1-3,6-8,11-12H,4-5,9-10H2. The van der Waals surface area contributed by atoms with Crippen molar-refractivity contribution in [3.63, 3.8) is 0 Å². The van der Waals surface area contributed by atoms with Crippen LogP contribution in [0.15, 0.2) is 48.6 Å². The Morgan fingerprint density at radius 1 is 0.933 bits per heavy atom. The third-order valence-electron chi connectivity index (χ3n) is 3.68. The molecule has 0 aromatic heterocycles. The summed E-state index contributed by atoms with van der Waals surface area (Å²) in [6, 6.07) is 10.7. The molecule has 1 spiro atoms. The summed E-state index contributed by atoms with van der Waals surface area (Å²) in [6.45, 7) is 0. The smallest absolute Gasteiger partial charge is 0.00734 e. The van der Waals surface area contributed by atoms with E-state index in [9.17, 15) is 0 Å². The Kier molecular flexibility index (Phi) is 2.02. The van der Waals surface area contributed by atoms with Crippen LogP contribution in [0.25, 0.3) is 5.57 Å². The minimum Gasteiger partial charge on any atom is -0.0739 e. The molecule has 2 aliphatic rings. The molecule has 0 aliphatic heterocycles. The fourth-order valence-electron chi connectivity index (χ4n) is 2.82. The topological polar surface area (TPSA) is 0 Å². The average Bonchev–Trinajstić information content (AvgIpc) is 2.91. The van der Waals surface area contributed by atoms with Gasteiger partial charge in [-0.15, -0.1) is 0 Å². The molecule has 1 aromatic carbocycles. The van der Waals surface area contributed by atoms with Gasteiger partial charge in [-0.2, -0.15) is 0 Å². The Balaban J connectivity index is 1.94. The van der Waals surface area contributed by atoms with E-state index in [1.807, 2.05) is 0 Å². The second-order valence-electron chi connectivity index (χ2n) is 4.74. The molecule has 3 rings (SSSR count). The van der Waals surface area contributed by atoms with Gasteiger partial charge >= 0.3 is 0 Å². The van der Waals surface area contributed by atoms with Crippen LogP contribution in [0.2, 0.25) is 0 Å². The van der Waals surface area contributed by atoms with Crippen LogP contribution < -0.4 is 0 Å². The van der Waals surface area contributed by atoms with E-state index in [2.05, 4.69) is 48.6 Å². The van der Waals surface area contributed by atoms with Crippen molar-refractivity contribution in [2.45, 2.75) is 25.7 Å². The van der Waals surface area contributed by atoms with Gasteiger partial charge in [0.2, 0.25) is 0 Å². The zero-order chi connectivity index (χ0) is 10.1. The van der Waals surface area contributed by atoms with E-state index >= 15 is 0 Å². The Morgan fingerprint density at radius 3 is 2.40 bits per heavy atom. The zero-order valence-electron chi connectivity index (χ0n) is 8.95. The first kappa shape index (κ1) is 8.96. The molecular weight excluding hydrogens is 180 g/mol. The highest BCUT2D eigenvalue weighted by Gasteiger charge is 2.31. The fourth-order valence-corrected chi connectivity index (χ4v) is 2.82. The molecule has 0 atom stereocenters. The number of allylic oxidation sites excluding steroid dienone is 4. The maximum Gasteiger partial charge on any atom is 0.00734 e. The monoisotopic (exact) mass is 196 g/mol. The molecule has 15 heavy (non-hydrogen) atoms. The molecule has 1 saturated carbocycles. The van der Waals surface area contributed by atoms with Crippen LogP contribution in [0.1, 0.15) is 31.2 Å². The lowest BCUT2D eigenvalue weighted by Gasteiger charge is -2.16. The van der Waals surface area contributed by atoms with E-state index in [1.165, 1.54) is 36.8 Å². The lowest BCUT2D eigenvalue weighted by molar-refractivity contribution is 0.523. The summed E-state index contributed by atoms with van der Waals surface area (Å²) in [5, 5.41) is 0. The summed E-state index contributed by atoms with van der Waals surface area (Å²) < 4.78 is 0. The molecule has 0 bridgehead atoms. The van der Waals surface area contributed by atoms with Gasteiger partial charge in [0.25, 0.3) is 0 Å². The summed E-state index contributed by atoms with van der Waals surface area (Å²) in [4.78, 5) is 0. The predicted molar refractivity (Wildman–Crippen MR) is 64.5 cm³/mol. The van der Waals surface area contributed by atoms with Crippen LogP contribution in [0.3, 0.4) is 0 Å². The van der Waals surface area contributed by atoms with E-state index in [-0.39, 0.29) is 0 Å². The lowest BCUT2D eigenvalue weighted by atomic mass is 9.88. The van der Waals surface area contributed by atoms with Gasteiger partial charge in [-0.25, -0.2) is 0 Å². The van der Waals surface area contributed by atoms with Gasteiger partial charge in [0.15, 0.2) is 0 Å². The first-order chi connectivity index (χ1) is 7.38. The van der Waals surface area contributed by atoms with E-state index in [4.69, 9.17) is 0 Å². The van der Waals surface area contributed by atoms with Gasteiger partial charge in [-0.1, -0.05) is 61.4 Å². The largest absolute Gasteiger partial charge is 0.0739 e. The van der Waals surface area contributed by atoms with E-state index in [1.54, 1.807) is 0 Å². The molecule has 0 unspecified atom stereocenters. The third kappa shape index (κ3) is 1.54. The van der Waals surface area contributed by atoms with E-state index in [0.29, 0.717) is 5.41 Å². The normalized spacial score (nSPS) is 22.3. The van der Waals surface area contributed by atoms with Crippen LogP contribution >= 0.6 is 0 Å². The molecule has 2 aliphatic carbocycles. The van der Waals surface area contributed by atoms with Crippen molar-refractivity contribution in [2.24, 2.45) is 5.41 Å². The number of hydrogen-bond donors (Lipinski definition) is 0. The van der Waals surface area contributed by atoms with Crippen molar-refractivity contribution >= 4 is 5.57 Å². The van der Waals surface area contributed by atoms with Crippen molar-refractivity contribution in [1.82, 2.24) is 0 Å². The maximum atomic E-state index is 2.48. The van der Waals surface area contributed by atoms with Gasteiger partial charge in [0.05, 0.1) is 0 Å². The molecular formula is C15H16. The summed E-state index contributed by atoms with van der Waals surface area (Å²) in [6.07, 6.45) is 12.7. The van der Waals surface area contributed by atoms with Crippen molar-refractivity contribution in [1.29, 1.82) is 0 Å². The summed E-state index contributed by atoms with van der Waals surface area (Å²) in [7, 11) is 0. The second kappa shape index (κ2) is 3.37. The first-order valence-corrected chi connectivity index (χ1v) is 5.86. The molecule has 0 heteroatoms. The molecule has 0 N–H and O–H groups in total. The van der Waals surface area contributed by atoms with E-state index in [0.717, 1.165) is 0 Å². The van der Waals surface area contributed by atoms with Gasteiger partial charge < -0.3 is 0 Å². The molecule has 0 radical (unpaired) electrons. The molecule has 1 fully saturated rings. The van der Waals surface area contributed by atoms with Crippen molar-refractivity contribution in [3.8, 4) is 0 Å². The molecule has 1 aromatic rings. The molecule has 0 amide bonds. The summed E-state index contributed by atoms with van der Waals surface area (Å²) in [5.74, 6) is 0. The molecule has 0 nitrogen and oxygen atoms in total. The van der Waals surface area contributed by atoms with Crippen LogP contribution in [-0.2, 0) is 0 Å². The second-order valence-corrected chi connectivity index (χ2v) is 4.74. The number of hydrogen-bond acceptors (Lipinski definition) is 0. The molecule has 0 saturated heterocycles. The highest BCUT2D eigenvalue weighted by Crippen LogP contribution is 2.46. The third-order valence-corrected chi connectivity index (χ3v) is 3.68.